The van der Waals surface area contributed by atoms with E-state index in [1.54, 1.807) is 6.20 Å². The molecular formula is C17H18N4O2S2. The summed E-state index contributed by atoms with van der Waals surface area (Å²) in [5.41, 5.74) is 1.70. The minimum atomic E-state index is -0.109. The van der Waals surface area contributed by atoms with Gasteiger partial charge in [-0.15, -0.1) is 23.1 Å². The lowest BCUT2D eigenvalue weighted by atomic mass is 10.2. The van der Waals surface area contributed by atoms with E-state index in [0.29, 0.717) is 29.3 Å². The van der Waals surface area contributed by atoms with Crippen LogP contribution in [-0.4, -0.2) is 26.6 Å². The number of thiophene rings is 1. The van der Waals surface area contributed by atoms with Crippen molar-refractivity contribution < 1.29 is 4.79 Å². The molecule has 3 aromatic rings. The highest BCUT2D eigenvalue weighted by molar-refractivity contribution is 7.99. The monoisotopic (exact) mass is 374 g/mol. The number of aryl methyl sites for hydroxylation is 2. The zero-order valence-electron chi connectivity index (χ0n) is 14.0. The van der Waals surface area contributed by atoms with Gasteiger partial charge in [0.2, 0.25) is 5.91 Å². The predicted molar refractivity (Wildman–Crippen MR) is 102 cm³/mol. The number of nitrogens with one attached hydrogen (secondary N) is 2. The molecule has 25 heavy (non-hydrogen) atoms. The molecular weight excluding hydrogens is 356 g/mol. The topological polar surface area (TPSA) is 87.7 Å². The summed E-state index contributed by atoms with van der Waals surface area (Å²) in [4.78, 5) is 37.4. The van der Waals surface area contributed by atoms with Crippen LogP contribution in [0.4, 0.5) is 0 Å². The van der Waals surface area contributed by atoms with E-state index in [1.807, 2.05) is 32.0 Å². The van der Waals surface area contributed by atoms with Gasteiger partial charge in [-0.3, -0.25) is 14.6 Å². The first-order chi connectivity index (χ1) is 12.0. The Morgan fingerprint density at radius 1 is 1.36 bits per heavy atom. The van der Waals surface area contributed by atoms with Gasteiger partial charge in [0, 0.05) is 11.1 Å². The Morgan fingerprint density at radius 2 is 2.20 bits per heavy atom. The molecule has 0 saturated carbocycles. The molecule has 0 aliphatic heterocycles. The standard InChI is InChI=1S/C17H18N4O2S2/c1-10-11(2)25-17-15(10)16(23)20-13(21-17)8-24-9-14(22)19-7-12-5-3-4-6-18-12/h3-6H,7-9H2,1-2H3,(H,19,22)(H,20,21,23). The second kappa shape index (κ2) is 7.79. The van der Waals surface area contributed by atoms with E-state index in [-0.39, 0.29) is 11.5 Å². The maximum atomic E-state index is 12.2. The van der Waals surface area contributed by atoms with Crippen molar-refractivity contribution in [2.75, 3.05) is 5.75 Å². The lowest BCUT2D eigenvalue weighted by molar-refractivity contribution is -0.118. The maximum Gasteiger partial charge on any atom is 0.259 e. The number of nitrogens with zero attached hydrogens (tertiary/aromatic N) is 2. The van der Waals surface area contributed by atoms with Crippen LogP contribution in [0, 0.1) is 13.8 Å². The molecule has 0 bridgehead atoms. The van der Waals surface area contributed by atoms with Gasteiger partial charge in [-0.2, -0.15) is 0 Å². The van der Waals surface area contributed by atoms with Crippen molar-refractivity contribution in [3.63, 3.8) is 0 Å². The minimum Gasteiger partial charge on any atom is -0.350 e. The zero-order chi connectivity index (χ0) is 17.8. The molecule has 1 amide bonds. The molecule has 0 atom stereocenters. The minimum absolute atomic E-state index is 0.0677. The normalized spacial score (nSPS) is 11.0. The van der Waals surface area contributed by atoms with Gasteiger partial charge in [0.05, 0.1) is 29.1 Å². The molecule has 130 valence electrons. The summed E-state index contributed by atoms with van der Waals surface area (Å²) in [7, 11) is 0. The number of hydrogen-bond donors (Lipinski definition) is 2. The first-order valence-corrected chi connectivity index (χ1v) is 9.75. The SMILES string of the molecule is Cc1sc2nc(CSCC(=O)NCc3ccccn3)[nH]c(=O)c2c1C. The third kappa shape index (κ3) is 4.26. The fourth-order valence-electron chi connectivity index (χ4n) is 2.35. The number of aromatic amines is 1. The van der Waals surface area contributed by atoms with Gasteiger partial charge in [-0.05, 0) is 31.5 Å². The molecule has 0 aliphatic carbocycles. The fourth-order valence-corrected chi connectivity index (χ4v) is 4.12. The van der Waals surface area contributed by atoms with Crippen molar-refractivity contribution in [1.29, 1.82) is 0 Å². The van der Waals surface area contributed by atoms with Gasteiger partial charge in [-0.25, -0.2) is 4.98 Å². The molecule has 6 nitrogen and oxygen atoms in total. The fraction of sp³-hybridized carbons (Fsp3) is 0.294. The van der Waals surface area contributed by atoms with Crippen molar-refractivity contribution in [2.24, 2.45) is 0 Å². The van der Waals surface area contributed by atoms with Gasteiger partial charge in [0.1, 0.15) is 10.7 Å². The number of pyridine rings is 1. The number of fused-ring (bicyclic) bond motifs is 1. The summed E-state index contributed by atoms with van der Waals surface area (Å²) in [6.07, 6.45) is 1.70. The largest absolute Gasteiger partial charge is 0.350 e. The van der Waals surface area contributed by atoms with E-state index in [4.69, 9.17) is 0 Å². The number of thioether (sulfide) groups is 1. The second-order valence-corrected chi connectivity index (χ2v) is 7.76. The van der Waals surface area contributed by atoms with E-state index in [1.165, 1.54) is 23.1 Å². The van der Waals surface area contributed by atoms with Crippen molar-refractivity contribution in [2.45, 2.75) is 26.1 Å². The highest BCUT2D eigenvalue weighted by atomic mass is 32.2. The number of carbonyl (C=O) groups excluding carboxylic acids is 1. The van der Waals surface area contributed by atoms with E-state index in [2.05, 4.69) is 20.3 Å². The van der Waals surface area contributed by atoms with Crippen LogP contribution >= 0.6 is 23.1 Å². The molecule has 3 heterocycles. The lowest BCUT2D eigenvalue weighted by Crippen LogP contribution is -2.25. The Hall–Kier alpha value is -2.19. The Bertz CT molecular complexity index is 950. The van der Waals surface area contributed by atoms with Crippen LogP contribution in [0.25, 0.3) is 10.2 Å². The first-order valence-electron chi connectivity index (χ1n) is 7.78. The second-order valence-electron chi connectivity index (χ2n) is 5.57. The Morgan fingerprint density at radius 3 is 2.96 bits per heavy atom. The van der Waals surface area contributed by atoms with Crippen LogP contribution in [0.15, 0.2) is 29.2 Å². The summed E-state index contributed by atoms with van der Waals surface area (Å²) < 4.78 is 0. The third-order valence-corrected chi connectivity index (χ3v) is 5.80. The average molecular weight is 374 g/mol. The van der Waals surface area contributed by atoms with Crippen molar-refractivity contribution >= 4 is 39.2 Å². The van der Waals surface area contributed by atoms with Crippen molar-refractivity contribution in [3.05, 3.63) is 56.7 Å². The number of H-pyrrole nitrogens is 1. The molecule has 8 heteroatoms. The van der Waals surface area contributed by atoms with Crippen LogP contribution < -0.4 is 10.9 Å². The van der Waals surface area contributed by atoms with Crippen LogP contribution in [0.2, 0.25) is 0 Å². The number of amides is 1. The number of rotatable bonds is 6. The molecule has 0 aromatic carbocycles. The summed E-state index contributed by atoms with van der Waals surface area (Å²) in [5, 5.41) is 3.50. The van der Waals surface area contributed by atoms with E-state index < -0.39 is 0 Å². The molecule has 0 spiro atoms. The molecule has 3 aromatic heterocycles. The summed E-state index contributed by atoms with van der Waals surface area (Å²) in [5.74, 6) is 1.32. The Kier molecular flexibility index (Phi) is 5.50. The smallest absolute Gasteiger partial charge is 0.259 e. The highest BCUT2D eigenvalue weighted by Gasteiger charge is 2.12. The van der Waals surface area contributed by atoms with Crippen LogP contribution in [-0.2, 0) is 17.1 Å². The lowest BCUT2D eigenvalue weighted by Gasteiger charge is -2.05. The molecule has 3 rings (SSSR count). The Balaban J connectivity index is 1.54. The van der Waals surface area contributed by atoms with Gasteiger partial charge < -0.3 is 10.3 Å². The average Bonchev–Trinajstić information content (AvgIpc) is 2.88. The summed E-state index contributed by atoms with van der Waals surface area (Å²) in [6.45, 7) is 4.34. The molecule has 0 fully saturated rings. The van der Waals surface area contributed by atoms with Gasteiger partial charge in [-0.1, -0.05) is 6.07 Å². The quantitative estimate of drug-likeness (QED) is 0.692. The van der Waals surface area contributed by atoms with E-state index in [0.717, 1.165) is 21.0 Å². The summed E-state index contributed by atoms with van der Waals surface area (Å²) >= 11 is 2.94. The van der Waals surface area contributed by atoms with E-state index >= 15 is 0 Å². The van der Waals surface area contributed by atoms with Gasteiger partial charge in [0.25, 0.3) is 5.56 Å². The molecule has 0 aliphatic rings. The highest BCUT2D eigenvalue weighted by Crippen LogP contribution is 2.26. The maximum absolute atomic E-state index is 12.2. The van der Waals surface area contributed by atoms with Gasteiger partial charge >= 0.3 is 0 Å². The van der Waals surface area contributed by atoms with Gasteiger partial charge in [0.15, 0.2) is 0 Å². The molecule has 0 unspecified atom stereocenters. The van der Waals surface area contributed by atoms with Crippen molar-refractivity contribution in [3.8, 4) is 0 Å². The van der Waals surface area contributed by atoms with E-state index in [9.17, 15) is 9.59 Å². The number of carbonyl (C=O) groups is 1. The predicted octanol–water partition coefficient (Wildman–Crippen LogP) is 2.55. The number of hydrogen-bond acceptors (Lipinski definition) is 6. The first kappa shape index (κ1) is 17.6. The van der Waals surface area contributed by atoms with Crippen LogP contribution in [0.1, 0.15) is 22.0 Å². The molecule has 0 radical (unpaired) electrons. The van der Waals surface area contributed by atoms with Crippen LogP contribution in [0.3, 0.4) is 0 Å². The third-order valence-electron chi connectivity index (χ3n) is 3.75. The van der Waals surface area contributed by atoms with Crippen molar-refractivity contribution in [1.82, 2.24) is 20.3 Å². The number of aromatic nitrogens is 3. The summed E-state index contributed by atoms with van der Waals surface area (Å²) in [6, 6.07) is 5.58. The molecule has 2 N–H and O–H groups in total. The van der Waals surface area contributed by atoms with Crippen LogP contribution in [0.5, 0.6) is 0 Å². The Labute approximate surface area is 153 Å². The zero-order valence-corrected chi connectivity index (χ0v) is 15.6. The molecule has 0 saturated heterocycles.